The van der Waals surface area contributed by atoms with E-state index in [1.807, 2.05) is 32.0 Å². The number of nitrogens with zero attached hydrogens (tertiary/aromatic N) is 2. The molecule has 0 saturated carbocycles. The number of nitrogens with one attached hydrogen (secondary N) is 1. The summed E-state index contributed by atoms with van der Waals surface area (Å²) in [7, 11) is 1.35. The second-order valence-corrected chi connectivity index (χ2v) is 6.44. The highest BCUT2D eigenvalue weighted by Crippen LogP contribution is 2.33. The summed E-state index contributed by atoms with van der Waals surface area (Å²) in [6, 6.07) is 13.8. The number of halogens is 2. The van der Waals surface area contributed by atoms with Gasteiger partial charge in [0.15, 0.2) is 11.5 Å². The fourth-order valence-corrected chi connectivity index (χ4v) is 3.02. The maximum Gasteiger partial charge on any atom is 0.387 e. The quantitative estimate of drug-likeness (QED) is 0.568. The van der Waals surface area contributed by atoms with Gasteiger partial charge in [-0.1, -0.05) is 24.3 Å². The number of benzene rings is 2. The summed E-state index contributed by atoms with van der Waals surface area (Å²) in [5, 5.41) is 7.24. The zero-order chi connectivity index (χ0) is 21.7. The van der Waals surface area contributed by atoms with E-state index < -0.39 is 12.5 Å². The lowest BCUT2D eigenvalue weighted by molar-refractivity contribution is -0.111. The van der Waals surface area contributed by atoms with Gasteiger partial charge in [0, 0.05) is 17.3 Å². The summed E-state index contributed by atoms with van der Waals surface area (Å²) in [6.45, 7) is 0.793. The Hall–Kier alpha value is -3.68. The van der Waals surface area contributed by atoms with Gasteiger partial charge in [0.1, 0.15) is 0 Å². The van der Waals surface area contributed by atoms with Crippen molar-refractivity contribution in [2.45, 2.75) is 20.5 Å². The summed E-state index contributed by atoms with van der Waals surface area (Å²) in [5.41, 5.74) is 3.35. The van der Waals surface area contributed by atoms with E-state index in [0.717, 1.165) is 11.4 Å². The average Bonchev–Trinajstić information content (AvgIpc) is 3.05. The van der Waals surface area contributed by atoms with E-state index in [4.69, 9.17) is 4.74 Å². The van der Waals surface area contributed by atoms with Crippen LogP contribution >= 0.6 is 0 Å². The van der Waals surface area contributed by atoms with Gasteiger partial charge in [-0.25, -0.2) is 4.68 Å². The molecular weight excluding hydrogens is 392 g/mol. The molecule has 0 aliphatic rings. The van der Waals surface area contributed by atoms with Crippen molar-refractivity contribution >= 4 is 17.7 Å². The standard InChI is InChI=1S/C22H21F2N3O3/c1-14-13-15(2)27(26-14)18-9-5-4-8-17(18)25-20(28)12-11-16-7-6-10-19(29-3)21(16)30-22(23)24/h4-13,22H,1-3H3,(H,25,28)/b12-11+. The van der Waals surface area contributed by atoms with E-state index >= 15 is 0 Å². The van der Waals surface area contributed by atoms with Crippen LogP contribution in [0.2, 0.25) is 0 Å². The highest BCUT2D eigenvalue weighted by Gasteiger charge is 2.14. The molecule has 0 bridgehead atoms. The third kappa shape index (κ3) is 4.83. The zero-order valence-electron chi connectivity index (χ0n) is 16.7. The molecule has 1 heterocycles. The van der Waals surface area contributed by atoms with Crippen LogP contribution < -0.4 is 14.8 Å². The summed E-state index contributed by atoms with van der Waals surface area (Å²) >= 11 is 0. The molecule has 156 valence electrons. The number of alkyl halides is 2. The molecule has 1 amide bonds. The van der Waals surface area contributed by atoms with Crippen LogP contribution in [0.25, 0.3) is 11.8 Å². The molecule has 3 rings (SSSR count). The molecule has 0 unspecified atom stereocenters. The molecule has 0 aliphatic carbocycles. The number of methoxy groups -OCH3 is 1. The molecule has 2 aromatic carbocycles. The molecule has 30 heavy (non-hydrogen) atoms. The van der Waals surface area contributed by atoms with Crippen molar-refractivity contribution in [1.29, 1.82) is 0 Å². The number of carbonyl (C=O) groups is 1. The van der Waals surface area contributed by atoms with Crippen LogP contribution in [0.1, 0.15) is 17.0 Å². The maximum absolute atomic E-state index is 12.8. The molecule has 0 saturated heterocycles. The van der Waals surface area contributed by atoms with Crippen molar-refractivity contribution in [3.05, 3.63) is 71.6 Å². The van der Waals surface area contributed by atoms with Crippen LogP contribution in [-0.4, -0.2) is 29.4 Å². The van der Waals surface area contributed by atoms with E-state index in [1.165, 1.54) is 25.3 Å². The van der Waals surface area contributed by atoms with Crippen LogP contribution in [0.4, 0.5) is 14.5 Å². The number of hydrogen-bond donors (Lipinski definition) is 1. The van der Waals surface area contributed by atoms with Gasteiger partial charge >= 0.3 is 6.61 Å². The largest absolute Gasteiger partial charge is 0.493 e. The summed E-state index contributed by atoms with van der Waals surface area (Å²) in [5.74, 6) is -0.426. The minimum absolute atomic E-state index is 0.137. The second-order valence-electron chi connectivity index (χ2n) is 6.44. The Bertz CT molecular complexity index is 1080. The summed E-state index contributed by atoms with van der Waals surface area (Å²) < 4.78 is 36.9. The minimum Gasteiger partial charge on any atom is -0.493 e. The first-order valence-electron chi connectivity index (χ1n) is 9.12. The van der Waals surface area contributed by atoms with Gasteiger partial charge in [-0.15, -0.1) is 0 Å². The van der Waals surface area contributed by atoms with Crippen LogP contribution in [0.15, 0.2) is 54.6 Å². The first-order chi connectivity index (χ1) is 14.4. The number of ether oxygens (including phenoxy) is 2. The van der Waals surface area contributed by atoms with E-state index in [0.29, 0.717) is 11.4 Å². The number of rotatable bonds is 7. The van der Waals surface area contributed by atoms with E-state index in [2.05, 4.69) is 15.2 Å². The van der Waals surface area contributed by atoms with Gasteiger partial charge in [-0.2, -0.15) is 13.9 Å². The molecule has 8 heteroatoms. The number of carbonyl (C=O) groups excluding carboxylic acids is 1. The lowest BCUT2D eigenvalue weighted by atomic mass is 10.1. The molecule has 0 spiro atoms. The third-order valence-electron chi connectivity index (χ3n) is 4.25. The molecule has 0 radical (unpaired) electrons. The number of para-hydroxylation sites is 3. The normalized spacial score (nSPS) is 11.1. The zero-order valence-corrected chi connectivity index (χ0v) is 16.7. The van der Waals surface area contributed by atoms with E-state index in [-0.39, 0.29) is 17.1 Å². The van der Waals surface area contributed by atoms with Crippen LogP contribution in [0.3, 0.4) is 0 Å². The van der Waals surface area contributed by atoms with E-state index in [9.17, 15) is 13.6 Å². The molecule has 6 nitrogen and oxygen atoms in total. The fourth-order valence-electron chi connectivity index (χ4n) is 3.02. The Kier molecular flexibility index (Phi) is 6.46. The molecule has 1 N–H and O–H groups in total. The number of aryl methyl sites for hydroxylation is 2. The monoisotopic (exact) mass is 413 g/mol. The van der Waals surface area contributed by atoms with Crippen LogP contribution in [0, 0.1) is 13.8 Å². The van der Waals surface area contributed by atoms with Crippen molar-refractivity contribution in [3.8, 4) is 17.2 Å². The predicted octanol–water partition coefficient (Wildman–Crippen LogP) is 4.75. The predicted molar refractivity (Wildman–Crippen MR) is 110 cm³/mol. The topological polar surface area (TPSA) is 65.4 Å². The Morgan fingerprint density at radius 2 is 1.93 bits per heavy atom. The summed E-state index contributed by atoms with van der Waals surface area (Å²) in [4.78, 5) is 12.5. The number of anilines is 1. The van der Waals surface area contributed by atoms with Crippen molar-refractivity contribution < 1.29 is 23.0 Å². The molecule has 3 aromatic rings. The van der Waals surface area contributed by atoms with Gasteiger partial charge in [0.25, 0.3) is 0 Å². The van der Waals surface area contributed by atoms with Crippen molar-refractivity contribution in [2.75, 3.05) is 12.4 Å². The molecule has 0 atom stereocenters. The molecular formula is C22H21F2N3O3. The average molecular weight is 413 g/mol. The van der Waals surface area contributed by atoms with Crippen molar-refractivity contribution in [2.24, 2.45) is 0 Å². The Labute approximate surface area is 172 Å². The fraction of sp³-hybridized carbons (Fsp3) is 0.182. The molecule has 1 aromatic heterocycles. The Morgan fingerprint density at radius 1 is 1.17 bits per heavy atom. The van der Waals surface area contributed by atoms with Crippen molar-refractivity contribution in [3.63, 3.8) is 0 Å². The second kappa shape index (κ2) is 9.21. The van der Waals surface area contributed by atoms with Gasteiger partial charge < -0.3 is 14.8 Å². The SMILES string of the molecule is COc1cccc(/C=C/C(=O)Nc2ccccc2-n2nc(C)cc2C)c1OC(F)F. The smallest absolute Gasteiger partial charge is 0.387 e. The maximum atomic E-state index is 12.8. The Balaban J connectivity index is 1.84. The molecule has 0 aliphatic heterocycles. The lowest BCUT2D eigenvalue weighted by Crippen LogP contribution is -2.12. The van der Waals surface area contributed by atoms with Crippen molar-refractivity contribution in [1.82, 2.24) is 9.78 Å². The first-order valence-corrected chi connectivity index (χ1v) is 9.12. The van der Waals surface area contributed by atoms with Crippen LogP contribution in [0.5, 0.6) is 11.5 Å². The van der Waals surface area contributed by atoms with E-state index in [1.54, 1.807) is 28.9 Å². The molecule has 0 fully saturated rings. The highest BCUT2D eigenvalue weighted by molar-refractivity contribution is 6.03. The number of aromatic nitrogens is 2. The van der Waals surface area contributed by atoms with Gasteiger partial charge in [-0.05, 0) is 44.2 Å². The third-order valence-corrected chi connectivity index (χ3v) is 4.25. The Morgan fingerprint density at radius 3 is 2.60 bits per heavy atom. The number of amides is 1. The first kappa shape index (κ1) is 21.0. The minimum atomic E-state index is -3.02. The van der Waals surface area contributed by atoms with Crippen LogP contribution in [-0.2, 0) is 4.79 Å². The lowest BCUT2D eigenvalue weighted by Gasteiger charge is -2.13. The van der Waals surface area contributed by atoms with Gasteiger partial charge in [0.05, 0.1) is 24.2 Å². The van der Waals surface area contributed by atoms with Gasteiger partial charge in [0.2, 0.25) is 5.91 Å². The highest BCUT2D eigenvalue weighted by atomic mass is 19.3. The summed E-state index contributed by atoms with van der Waals surface area (Å²) in [6.07, 6.45) is 2.63. The van der Waals surface area contributed by atoms with Gasteiger partial charge in [-0.3, -0.25) is 4.79 Å². The number of hydrogen-bond acceptors (Lipinski definition) is 4.